The summed E-state index contributed by atoms with van der Waals surface area (Å²) in [5.74, 6) is 1.04. The number of primary amides is 1. The summed E-state index contributed by atoms with van der Waals surface area (Å²) in [6.45, 7) is 3.04. The molecule has 0 aliphatic carbocycles. The molecule has 6 heteroatoms. The number of nitrogens with two attached hydrogens (primary N) is 1. The number of nitrogens with zero attached hydrogens (tertiary/aromatic N) is 2. The number of piperidine rings is 1. The predicted molar refractivity (Wildman–Crippen MR) is 68.5 cm³/mol. The van der Waals surface area contributed by atoms with E-state index in [1.54, 1.807) is 6.20 Å². The van der Waals surface area contributed by atoms with Crippen molar-refractivity contribution in [2.45, 2.75) is 25.3 Å². The average Bonchev–Trinajstić information content (AvgIpc) is 2.83. The van der Waals surface area contributed by atoms with Crippen LogP contribution in [-0.4, -0.2) is 35.3 Å². The molecule has 1 aromatic heterocycles. The summed E-state index contributed by atoms with van der Waals surface area (Å²) < 4.78 is 1.97. The molecular formula is C12H19N5O. The van der Waals surface area contributed by atoms with Crippen molar-refractivity contribution in [2.75, 3.05) is 25.0 Å². The van der Waals surface area contributed by atoms with Crippen molar-refractivity contribution >= 4 is 11.7 Å². The van der Waals surface area contributed by atoms with Crippen molar-refractivity contribution in [3.05, 3.63) is 11.8 Å². The van der Waals surface area contributed by atoms with Crippen molar-refractivity contribution < 1.29 is 4.79 Å². The van der Waals surface area contributed by atoms with Crippen LogP contribution in [0.5, 0.6) is 0 Å². The highest BCUT2D eigenvalue weighted by molar-refractivity contribution is 5.97. The minimum absolute atomic E-state index is 0.399. The highest BCUT2D eigenvalue weighted by Gasteiger charge is 2.31. The van der Waals surface area contributed by atoms with Crippen molar-refractivity contribution in [1.29, 1.82) is 0 Å². The number of fused-ring (bicyclic) bond motifs is 1. The predicted octanol–water partition coefficient (Wildman–Crippen LogP) is 0.338. The molecule has 1 saturated heterocycles. The molecule has 3 heterocycles. The number of amides is 1. The summed E-state index contributed by atoms with van der Waals surface area (Å²) in [4.78, 5) is 11.3. The van der Waals surface area contributed by atoms with Gasteiger partial charge in [-0.3, -0.25) is 4.79 Å². The molecule has 18 heavy (non-hydrogen) atoms. The van der Waals surface area contributed by atoms with Crippen LogP contribution in [0.4, 0.5) is 5.82 Å². The quantitative estimate of drug-likeness (QED) is 0.705. The first-order valence-corrected chi connectivity index (χ1v) is 6.59. The lowest BCUT2D eigenvalue weighted by atomic mass is 9.87. The van der Waals surface area contributed by atoms with E-state index in [2.05, 4.69) is 15.7 Å². The van der Waals surface area contributed by atoms with Gasteiger partial charge in [-0.25, -0.2) is 4.68 Å². The second-order valence-corrected chi connectivity index (χ2v) is 5.09. The molecule has 2 aliphatic heterocycles. The van der Waals surface area contributed by atoms with Crippen LogP contribution < -0.4 is 16.4 Å². The molecule has 0 saturated carbocycles. The summed E-state index contributed by atoms with van der Waals surface area (Å²) in [5, 5.41) is 11.0. The number of hydrogen-bond donors (Lipinski definition) is 3. The molecule has 0 aromatic carbocycles. The van der Waals surface area contributed by atoms with E-state index in [-0.39, 0.29) is 0 Å². The fourth-order valence-corrected chi connectivity index (χ4v) is 3.10. The number of carbonyl (C=O) groups is 1. The molecule has 4 N–H and O–H groups in total. The Morgan fingerprint density at radius 3 is 2.83 bits per heavy atom. The third-order valence-electron chi connectivity index (χ3n) is 4.04. The normalized spacial score (nSPS) is 24.3. The molecule has 1 fully saturated rings. The summed E-state index contributed by atoms with van der Waals surface area (Å²) in [7, 11) is 0. The van der Waals surface area contributed by atoms with Gasteiger partial charge in [0.05, 0.1) is 12.2 Å². The second-order valence-electron chi connectivity index (χ2n) is 5.09. The maximum atomic E-state index is 11.3. The number of anilines is 1. The molecule has 3 rings (SSSR count). The van der Waals surface area contributed by atoms with Gasteiger partial charge < -0.3 is 16.4 Å². The highest BCUT2D eigenvalue weighted by atomic mass is 16.1. The van der Waals surface area contributed by atoms with E-state index < -0.39 is 5.91 Å². The van der Waals surface area contributed by atoms with Crippen LogP contribution in [0, 0.1) is 5.92 Å². The van der Waals surface area contributed by atoms with Gasteiger partial charge in [-0.15, -0.1) is 0 Å². The molecule has 0 bridgehead atoms. The van der Waals surface area contributed by atoms with Crippen molar-refractivity contribution in [3.63, 3.8) is 0 Å². The average molecular weight is 249 g/mol. The largest absolute Gasteiger partial charge is 0.370 e. The van der Waals surface area contributed by atoms with E-state index in [0.717, 1.165) is 31.9 Å². The van der Waals surface area contributed by atoms with Gasteiger partial charge in [0.2, 0.25) is 0 Å². The van der Waals surface area contributed by atoms with Crippen LogP contribution in [0.3, 0.4) is 0 Å². The highest BCUT2D eigenvalue weighted by Crippen LogP contribution is 2.35. The van der Waals surface area contributed by atoms with E-state index >= 15 is 0 Å². The third kappa shape index (κ3) is 1.86. The first kappa shape index (κ1) is 11.5. The fraction of sp³-hybridized carbons (Fsp3) is 0.667. The Bertz CT molecular complexity index is 449. The lowest BCUT2D eigenvalue weighted by Gasteiger charge is -2.34. The first-order chi connectivity index (χ1) is 8.77. The zero-order chi connectivity index (χ0) is 12.5. The van der Waals surface area contributed by atoms with Gasteiger partial charge in [0, 0.05) is 6.54 Å². The van der Waals surface area contributed by atoms with Crippen LogP contribution >= 0.6 is 0 Å². The van der Waals surface area contributed by atoms with E-state index in [1.165, 1.54) is 12.8 Å². The standard InChI is InChI=1S/C12H19N5O/c13-11(18)9-7-16-17-10(3-6-15-12(9)17)8-1-4-14-5-2-8/h7-8,10,14-15H,1-6H2,(H2,13,18). The maximum Gasteiger partial charge on any atom is 0.254 e. The van der Waals surface area contributed by atoms with Gasteiger partial charge in [0.1, 0.15) is 11.4 Å². The molecule has 2 aliphatic rings. The molecule has 1 unspecified atom stereocenters. The van der Waals surface area contributed by atoms with Gasteiger partial charge in [-0.2, -0.15) is 5.10 Å². The Morgan fingerprint density at radius 1 is 1.33 bits per heavy atom. The smallest absolute Gasteiger partial charge is 0.254 e. The first-order valence-electron chi connectivity index (χ1n) is 6.59. The lowest BCUT2D eigenvalue weighted by Crippen LogP contribution is -2.36. The van der Waals surface area contributed by atoms with Crippen LogP contribution in [0.2, 0.25) is 0 Å². The second kappa shape index (κ2) is 4.61. The topological polar surface area (TPSA) is 85.0 Å². The number of carbonyl (C=O) groups excluding carboxylic acids is 1. The zero-order valence-corrected chi connectivity index (χ0v) is 10.4. The Hall–Kier alpha value is -1.56. The summed E-state index contributed by atoms with van der Waals surface area (Å²) >= 11 is 0. The van der Waals surface area contributed by atoms with E-state index in [9.17, 15) is 4.79 Å². The number of rotatable bonds is 2. The number of nitrogens with one attached hydrogen (secondary N) is 2. The summed E-state index contributed by atoms with van der Waals surface area (Å²) in [6, 6.07) is 0.399. The monoisotopic (exact) mass is 249 g/mol. The van der Waals surface area contributed by atoms with Gasteiger partial charge in [0.25, 0.3) is 5.91 Å². The zero-order valence-electron chi connectivity index (χ0n) is 10.4. The molecule has 1 atom stereocenters. The Balaban J connectivity index is 1.89. The molecule has 0 spiro atoms. The molecule has 1 aromatic rings. The minimum atomic E-state index is -0.408. The lowest BCUT2D eigenvalue weighted by molar-refractivity contribution is 0.100. The maximum absolute atomic E-state index is 11.3. The van der Waals surface area contributed by atoms with Crippen molar-refractivity contribution in [1.82, 2.24) is 15.1 Å². The minimum Gasteiger partial charge on any atom is -0.370 e. The fourth-order valence-electron chi connectivity index (χ4n) is 3.10. The third-order valence-corrected chi connectivity index (χ3v) is 4.04. The molecule has 0 radical (unpaired) electrons. The molecule has 6 nitrogen and oxygen atoms in total. The van der Waals surface area contributed by atoms with Crippen molar-refractivity contribution in [2.24, 2.45) is 11.7 Å². The molecule has 98 valence electrons. The van der Waals surface area contributed by atoms with Crippen LogP contribution in [0.15, 0.2) is 6.20 Å². The molecule has 1 amide bonds. The van der Waals surface area contributed by atoms with Gasteiger partial charge in [0.15, 0.2) is 0 Å². The molecular weight excluding hydrogens is 230 g/mol. The van der Waals surface area contributed by atoms with Crippen molar-refractivity contribution in [3.8, 4) is 0 Å². The Kier molecular flexibility index (Phi) is 2.95. The van der Waals surface area contributed by atoms with Gasteiger partial charge in [-0.1, -0.05) is 0 Å². The van der Waals surface area contributed by atoms with E-state index in [4.69, 9.17) is 5.73 Å². The number of aromatic nitrogens is 2. The van der Waals surface area contributed by atoms with Gasteiger partial charge in [-0.05, 0) is 38.3 Å². The Morgan fingerprint density at radius 2 is 2.11 bits per heavy atom. The summed E-state index contributed by atoms with van der Waals surface area (Å²) in [5.41, 5.74) is 5.87. The Labute approximate surface area is 106 Å². The van der Waals surface area contributed by atoms with Crippen LogP contribution in [0.1, 0.15) is 35.7 Å². The SMILES string of the molecule is NC(=O)c1cnn2c1NCCC2C1CCNCC1. The van der Waals surface area contributed by atoms with E-state index in [0.29, 0.717) is 17.5 Å². The number of hydrogen-bond acceptors (Lipinski definition) is 4. The van der Waals surface area contributed by atoms with Crippen LogP contribution in [-0.2, 0) is 0 Å². The van der Waals surface area contributed by atoms with Gasteiger partial charge >= 0.3 is 0 Å². The van der Waals surface area contributed by atoms with Crippen LogP contribution in [0.25, 0.3) is 0 Å². The summed E-state index contributed by atoms with van der Waals surface area (Å²) in [6.07, 6.45) is 5.01. The van der Waals surface area contributed by atoms with E-state index in [1.807, 2.05) is 4.68 Å².